The maximum Gasteiger partial charge on any atom is 0.273 e. The summed E-state index contributed by atoms with van der Waals surface area (Å²) in [7, 11) is 0. The third-order valence-electron chi connectivity index (χ3n) is 5.39. The Morgan fingerprint density at radius 1 is 1.10 bits per heavy atom. The monoisotopic (exact) mass is 437 g/mol. The number of hydrogen-bond donors (Lipinski definition) is 2. The van der Waals surface area contributed by atoms with Gasteiger partial charge in [0, 0.05) is 17.0 Å². The van der Waals surface area contributed by atoms with Gasteiger partial charge in [-0.25, -0.2) is 0 Å². The number of hydrazine groups is 1. The van der Waals surface area contributed by atoms with Gasteiger partial charge in [-0.1, -0.05) is 23.8 Å². The molecular formula is C23H23N3O4S. The van der Waals surface area contributed by atoms with E-state index in [1.54, 1.807) is 24.8 Å². The Hall–Kier alpha value is -3.39. The lowest BCUT2D eigenvalue weighted by Gasteiger charge is -2.27. The van der Waals surface area contributed by atoms with E-state index in [2.05, 4.69) is 10.9 Å². The fraction of sp³-hybridized carbons (Fsp3) is 0.261. The Bertz CT molecular complexity index is 1120. The summed E-state index contributed by atoms with van der Waals surface area (Å²) in [6, 6.07) is 12.7. The lowest BCUT2D eigenvalue weighted by atomic mass is 9.98. The van der Waals surface area contributed by atoms with Crippen molar-refractivity contribution in [2.24, 2.45) is 5.92 Å². The van der Waals surface area contributed by atoms with Crippen LogP contribution in [-0.4, -0.2) is 17.7 Å². The Labute approximate surface area is 184 Å². The van der Waals surface area contributed by atoms with Crippen LogP contribution < -0.4 is 15.8 Å². The van der Waals surface area contributed by atoms with Gasteiger partial charge in [0.15, 0.2) is 0 Å². The second kappa shape index (κ2) is 8.39. The standard InChI is InChI=1S/C23H23N3O4S/c1-13-6-8-16(9-7-13)26-20(27)12-18(21(26)19-5-4-10-31-19)23(29)25-24-22(28)17-11-14(2)30-15(17)3/h4-11,18,21H,12H2,1-3H3,(H,24,28)(H,25,29). The van der Waals surface area contributed by atoms with E-state index in [0.29, 0.717) is 17.1 Å². The fourth-order valence-corrected chi connectivity index (χ4v) is 4.78. The van der Waals surface area contributed by atoms with Gasteiger partial charge < -0.3 is 9.32 Å². The molecule has 2 unspecified atom stereocenters. The summed E-state index contributed by atoms with van der Waals surface area (Å²) in [6.07, 6.45) is 0.0575. The first-order chi connectivity index (χ1) is 14.8. The third-order valence-corrected chi connectivity index (χ3v) is 6.33. The molecule has 2 N–H and O–H groups in total. The Morgan fingerprint density at radius 3 is 2.45 bits per heavy atom. The van der Waals surface area contributed by atoms with Crippen molar-refractivity contribution in [3.8, 4) is 0 Å². The first-order valence-electron chi connectivity index (χ1n) is 9.94. The minimum atomic E-state index is -0.639. The first kappa shape index (κ1) is 20.9. The lowest BCUT2D eigenvalue weighted by molar-refractivity contribution is -0.127. The molecule has 1 aromatic carbocycles. The van der Waals surface area contributed by atoms with Crippen molar-refractivity contribution >= 4 is 34.7 Å². The molecule has 1 aliphatic rings. The molecule has 4 rings (SSSR count). The maximum atomic E-state index is 13.0. The van der Waals surface area contributed by atoms with E-state index < -0.39 is 23.8 Å². The number of nitrogens with zero attached hydrogens (tertiary/aromatic N) is 1. The molecule has 1 saturated heterocycles. The summed E-state index contributed by atoms with van der Waals surface area (Å²) in [5.41, 5.74) is 7.14. The fourth-order valence-electron chi connectivity index (χ4n) is 3.90. The molecule has 7 nitrogen and oxygen atoms in total. The number of hydrogen-bond acceptors (Lipinski definition) is 5. The number of nitrogens with one attached hydrogen (secondary N) is 2. The van der Waals surface area contributed by atoms with Gasteiger partial charge in [-0.2, -0.15) is 0 Å². The molecule has 8 heteroatoms. The molecule has 0 radical (unpaired) electrons. The van der Waals surface area contributed by atoms with Crippen molar-refractivity contribution in [1.29, 1.82) is 0 Å². The van der Waals surface area contributed by atoms with E-state index in [-0.39, 0.29) is 12.3 Å². The van der Waals surface area contributed by atoms with Crippen LogP contribution in [0.3, 0.4) is 0 Å². The lowest BCUT2D eigenvalue weighted by Crippen LogP contribution is -2.45. The number of carbonyl (C=O) groups is 3. The number of furan rings is 1. The topological polar surface area (TPSA) is 91.7 Å². The average molecular weight is 438 g/mol. The SMILES string of the molecule is Cc1ccc(N2C(=O)CC(C(=O)NNC(=O)c3cc(C)oc3C)C2c2cccs2)cc1. The minimum absolute atomic E-state index is 0.0575. The summed E-state index contributed by atoms with van der Waals surface area (Å²) in [5.74, 6) is -0.554. The largest absolute Gasteiger partial charge is 0.466 e. The molecule has 31 heavy (non-hydrogen) atoms. The van der Waals surface area contributed by atoms with Crippen molar-refractivity contribution < 1.29 is 18.8 Å². The van der Waals surface area contributed by atoms with Gasteiger partial charge in [0.1, 0.15) is 11.5 Å². The molecule has 1 aliphatic heterocycles. The van der Waals surface area contributed by atoms with E-state index in [0.717, 1.165) is 16.1 Å². The average Bonchev–Trinajstić information content (AvgIpc) is 3.45. The van der Waals surface area contributed by atoms with Crippen LogP contribution in [0.25, 0.3) is 0 Å². The van der Waals surface area contributed by atoms with E-state index >= 15 is 0 Å². The molecule has 3 heterocycles. The third kappa shape index (κ3) is 4.11. The smallest absolute Gasteiger partial charge is 0.273 e. The van der Waals surface area contributed by atoms with Gasteiger partial charge in [0.05, 0.1) is 17.5 Å². The number of amides is 3. The zero-order valence-electron chi connectivity index (χ0n) is 17.5. The second-order valence-corrected chi connectivity index (χ2v) is 8.62. The van der Waals surface area contributed by atoms with Gasteiger partial charge in [-0.15, -0.1) is 11.3 Å². The van der Waals surface area contributed by atoms with Gasteiger partial charge in [-0.3, -0.25) is 25.2 Å². The van der Waals surface area contributed by atoms with Crippen LogP contribution in [-0.2, 0) is 9.59 Å². The molecule has 0 spiro atoms. The van der Waals surface area contributed by atoms with E-state index in [1.165, 1.54) is 11.3 Å². The molecular weight excluding hydrogens is 414 g/mol. The molecule has 160 valence electrons. The molecule has 2 aromatic heterocycles. The minimum Gasteiger partial charge on any atom is -0.466 e. The zero-order chi connectivity index (χ0) is 22.1. The molecule has 0 saturated carbocycles. The molecule has 0 bridgehead atoms. The summed E-state index contributed by atoms with van der Waals surface area (Å²) in [4.78, 5) is 41.0. The molecule has 1 fully saturated rings. The van der Waals surface area contributed by atoms with Crippen molar-refractivity contribution in [3.63, 3.8) is 0 Å². The maximum absolute atomic E-state index is 13.0. The summed E-state index contributed by atoms with van der Waals surface area (Å²) < 4.78 is 5.37. The Balaban J connectivity index is 1.55. The van der Waals surface area contributed by atoms with Crippen LogP contribution in [0.1, 0.15) is 44.8 Å². The summed E-state index contributed by atoms with van der Waals surface area (Å²) in [5, 5.41) is 1.92. The Kier molecular flexibility index (Phi) is 5.65. The van der Waals surface area contributed by atoms with E-state index in [1.807, 2.05) is 48.7 Å². The highest BCUT2D eigenvalue weighted by molar-refractivity contribution is 7.10. The van der Waals surface area contributed by atoms with Crippen molar-refractivity contribution in [2.75, 3.05) is 4.90 Å². The number of benzene rings is 1. The second-order valence-electron chi connectivity index (χ2n) is 7.64. The van der Waals surface area contributed by atoms with Gasteiger partial charge in [-0.05, 0) is 50.4 Å². The van der Waals surface area contributed by atoms with Crippen LogP contribution in [0.5, 0.6) is 0 Å². The molecule has 3 aromatic rings. The quantitative estimate of drug-likeness (QED) is 0.607. The van der Waals surface area contributed by atoms with Crippen LogP contribution in [0.2, 0.25) is 0 Å². The summed E-state index contributed by atoms with van der Waals surface area (Å²) >= 11 is 1.50. The highest BCUT2D eigenvalue weighted by atomic mass is 32.1. The van der Waals surface area contributed by atoms with Crippen LogP contribution in [0.15, 0.2) is 52.3 Å². The number of carbonyl (C=O) groups excluding carboxylic acids is 3. The van der Waals surface area contributed by atoms with Crippen molar-refractivity contribution in [1.82, 2.24) is 10.9 Å². The van der Waals surface area contributed by atoms with E-state index in [9.17, 15) is 14.4 Å². The number of rotatable bonds is 4. The van der Waals surface area contributed by atoms with Crippen LogP contribution in [0.4, 0.5) is 5.69 Å². The molecule has 2 atom stereocenters. The number of anilines is 1. The van der Waals surface area contributed by atoms with Gasteiger partial charge in [0.25, 0.3) is 5.91 Å². The van der Waals surface area contributed by atoms with Crippen LogP contribution >= 0.6 is 11.3 Å². The molecule has 3 amide bonds. The van der Waals surface area contributed by atoms with E-state index in [4.69, 9.17) is 4.42 Å². The van der Waals surface area contributed by atoms with Crippen molar-refractivity contribution in [3.05, 3.63) is 75.4 Å². The zero-order valence-corrected chi connectivity index (χ0v) is 18.3. The normalized spacial score (nSPS) is 18.3. The van der Waals surface area contributed by atoms with Gasteiger partial charge in [0.2, 0.25) is 11.8 Å². The highest BCUT2D eigenvalue weighted by Crippen LogP contribution is 2.43. The van der Waals surface area contributed by atoms with Crippen LogP contribution in [0, 0.1) is 26.7 Å². The first-order valence-corrected chi connectivity index (χ1v) is 10.8. The van der Waals surface area contributed by atoms with Crippen molar-refractivity contribution in [2.45, 2.75) is 33.2 Å². The predicted molar refractivity (Wildman–Crippen MR) is 118 cm³/mol. The predicted octanol–water partition coefficient (Wildman–Crippen LogP) is 3.82. The summed E-state index contributed by atoms with van der Waals surface area (Å²) in [6.45, 7) is 5.41. The number of aryl methyl sites for hydroxylation is 3. The highest BCUT2D eigenvalue weighted by Gasteiger charge is 2.45. The molecule has 0 aliphatic carbocycles. The van der Waals surface area contributed by atoms with Gasteiger partial charge >= 0.3 is 0 Å². The number of thiophene rings is 1. The Morgan fingerprint density at radius 2 is 1.84 bits per heavy atom.